The zero-order valence-electron chi connectivity index (χ0n) is 19.1. The van der Waals surface area contributed by atoms with Gasteiger partial charge in [0.1, 0.15) is 22.9 Å². The highest BCUT2D eigenvalue weighted by molar-refractivity contribution is 6.29. The Morgan fingerprint density at radius 2 is 1.67 bits per heavy atom. The van der Waals surface area contributed by atoms with Crippen molar-refractivity contribution < 1.29 is 34.6 Å². The predicted molar refractivity (Wildman–Crippen MR) is 86.3 cm³/mol. The van der Waals surface area contributed by atoms with E-state index in [1.54, 1.807) is 5.32 Å². The number of aromatic nitrogens is 4. The van der Waals surface area contributed by atoms with Gasteiger partial charge in [-0.2, -0.15) is 41.3 Å². The van der Waals surface area contributed by atoms with Crippen LogP contribution in [0.4, 0.5) is 38.2 Å². The molecule has 2 aromatic heterocycles. The van der Waals surface area contributed by atoms with E-state index >= 15 is 0 Å². The number of hydrogen-bond donors (Lipinski definition) is 2. The lowest BCUT2D eigenvalue weighted by Gasteiger charge is -2.20. The third-order valence-electron chi connectivity index (χ3n) is 2.78. The molecule has 0 unspecified atom stereocenters. The highest BCUT2D eigenvalue weighted by Crippen LogP contribution is 2.26. The number of pyridine rings is 1. The third kappa shape index (κ3) is 5.81. The largest absolute Gasteiger partial charge is 0.408 e. The highest BCUT2D eigenvalue weighted by atomic mass is 35.5. The van der Waals surface area contributed by atoms with E-state index in [0.717, 1.165) is 6.07 Å². The molecule has 0 fully saturated rings. The Labute approximate surface area is 162 Å². The second kappa shape index (κ2) is 7.71. The fourth-order valence-corrected chi connectivity index (χ4v) is 1.63. The van der Waals surface area contributed by atoms with E-state index in [1.165, 1.54) is 5.32 Å². The Bertz CT molecular complexity index is 1020. The highest BCUT2D eigenvalue weighted by Gasteiger charge is 2.38. The molecule has 0 saturated heterocycles. The lowest BCUT2D eigenvalue weighted by atomic mass is 10.3. The summed E-state index contributed by atoms with van der Waals surface area (Å²) in [5.41, 5.74) is -0.555. The van der Waals surface area contributed by atoms with Crippen LogP contribution in [-0.2, 0) is 0 Å². The predicted octanol–water partition coefficient (Wildman–Crippen LogP) is 4.31. The van der Waals surface area contributed by atoms with Crippen LogP contribution in [0, 0.1) is 0 Å². The van der Waals surface area contributed by atoms with Crippen LogP contribution in [0.15, 0.2) is 18.2 Å². The van der Waals surface area contributed by atoms with Gasteiger partial charge in [0, 0.05) is 4.11 Å². The molecular formula is C14H13ClF6N6. The summed E-state index contributed by atoms with van der Waals surface area (Å²) in [6, 6.07) is -6.76. The molecule has 0 aliphatic rings. The van der Waals surface area contributed by atoms with Crippen molar-refractivity contribution in [2.45, 2.75) is 38.2 Å². The van der Waals surface area contributed by atoms with Crippen LogP contribution >= 0.6 is 11.6 Å². The molecule has 27 heavy (non-hydrogen) atoms. The number of rotatable bonds is 5. The number of hydrogen-bond acceptors (Lipinski definition) is 6. The van der Waals surface area contributed by atoms with E-state index in [4.69, 9.17) is 19.8 Å². The van der Waals surface area contributed by atoms with Crippen molar-refractivity contribution in [3.8, 4) is 11.5 Å². The Balaban J connectivity index is 2.68. The van der Waals surface area contributed by atoms with Gasteiger partial charge < -0.3 is 10.6 Å². The second-order valence-corrected chi connectivity index (χ2v) is 5.22. The molecule has 2 N–H and O–H groups in total. The fraction of sp³-hybridized carbons (Fsp3) is 0.429. The summed E-state index contributed by atoms with van der Waals surface area (Å²) >= 11 is 5.70. The zero-order chi connectivity index (χ0) is 25.6. The topological polar surface area (TPSA) is 75.6 Å². The molecule has 2 heterocycles. The molecule has 6 nitrogen and oxygen atoms in total. The summed E-state index contributed by atoms with van der Waals surface area (Å²) in [4.78, 5) is 14.0. The van der Waals surface area contributed by atoms with Gasteiger partial charge in [-0.05, 0) is 25.9 Å². The molecule has 2 rings (SSSR count). The molecule has 0 aromatic carbocycles. The van der Waals surface area contributed by atoms with E-state index in [-0.39, 0.29) is 0 Å². The maximum absolute atomic E-state index is 13.2. The summed E-state index contributed by atoms with van der Waals surface area (Å²) in [6.45, 7) is -3.30. The maximum atomic E-state index is 13.2. The second-order valence-electron chi connectivity index (χ2n) is 4.86. The zero-order valence-corrected chi connectivity index (χ0v) is 13.8. The molecule has 0 spiro atoms. The first-order chi connectivity index (χ1) is 14.7. The van der Waals surface area contributed by atoms with Crippen LogP contribution in [0.2, 0.25) is 5.15 Å². The minimum Gasteiger partial charge on any atom is -0.343 e. The van der Waals surface area contributed by atoms with Crippen molar-refractivity contribution in [2.75, 3.05) is 10.6 Å². The van der Waals surface area contributed by atoms with Gasteiger partial charge in [0.05, 0.1) is 4.11 Å². The van der Waals surface area contributed by atoms with Crippen molar-refractivity contribution in [1.82, 2.24) is 19.9 Å². The van der Waals surface area contributed by atoms with E-state index in [0.29, 0.717) is 6.92 Å². The van der Waals surface area contributed by atoms with Gasteiger partial charge in [-0.3, -0.25) is 0 Å². The van der Waals surface area contributed by atoms with Gasteiger partial charge in [0.2, 0.25) is 11.9 Å². The van der Waals surface area contributed by atoms with Gasteiger partial charge >= 0.3 is 12.4 Å². The molecule has 13 heteroatoms. The lowest BCUT2D eigenvalue weighted by Crippen LogP contribution is -2.35. The standard InChI is InChI=1S/C14H13ClF6N6/c1-6(13(16,17)18)22-11-25-10(8-4-3-5-9(15)24-8)26-12(27-11)23-7(2)14(19,20)21/h3-7H,1-2H3,(H2,22,23,25,26,27)/t6-,7-/m1/s1/i1D3,4D,5D,7D. The average Bonchev–Trinajstić information content (AvgIpc) is 2.59. The summed E-state index contributed by atoms with van der Waals surface area (Å²) in [7, 11) is 0. The first-order valence-electron chi connectivity index (χ1n) is 9.81. The van der Waals surface area contributed by atoms with E-state index in [2.05, 4.69) is 19.9 Å². The summed E-state index contributed by atoms with van der Waals surface area (Å²) in [5, 5.41) is 2.57. The van der Waals surface area contributed by atoms with Crippen LogP contribution in [0.1, 0.15) is 22.0 Å². The molecular weight excluding hydrogens is 402 g/mol. The van der Waals surface area contributed by atoms with Gasteiger partial charge in [-0.15, -0.1) is 0 Å². The Morgan fingerprint density at radius 1 is 1.04 bits per heavy atom. The van der Waals surface area contributed by atoms with Crippen molar-refractivity contribution in [3.05, 3.63) is 23.3 Å². The third-order valence-corrected chi connectivity index (χ3v) is 2.98. The normalized spacial score (nSPS) is 19.4. The van der Waals surface area contributed by atoms with Crippen molar-refractivity contribution in [3.63, 3.8) is 0 Å². The summed E-state index contributed by atoms with van der Waals surface area (Å²) in [5.74, 6) is -2.98. The van der Waals surface area contributed by atoms with Crippen LogP contribution in [0.25, 0.3) is 11.5 Å². The van der Waals surface area contributed by atoms with E-state index in [9.17, 15) is 26.3 Å². The van der Waals surface area contributed by atoms with Crippen LogP contribution < -0.4 is 10.6 Å². The van der Waals surface area contributed by atoms with E-state index < -0.39 is 71.9 Å². The van der Waals surface area contributed by atoms with Crippen LogP contribution in [-0.4, -0.2) is 44.3 Å². The SMILES string of the molecule is [2H]c1cc([2H])c(-c2nc(N[C@H](C([2H])([2H])[2H])C(F)(F)F)nc(N[C@]([2H])(C)C(F)(F)F)n2)nc1Cl. The Morgan fingerprint density at radius 3 is 2.22 bits per heavy atom. The smallest absolute Gasteiger partial charge is 0.343 e. The maximum Gasteiger partial charge on any atom is 0.408 e. The van der Waals surface area contributed by atoms with Crippen molar-refractivity contribution >= 4 is 23.5 Å². The number of halogens is 7. The van der Waals surface area contributed by atoms with Crippen LogP contribution in [0.5, 0.6) is 0 Å². The van der Waals surface area contributed by atoms with E-state index in [1.807, 2.05) is 0 Å². The van der Waals surface area contributed by atoms with Crippen molar-refractivity contribution in [2.24, 2.45) is 0 Å². The van der Waals surface area contributed by atoms with Crippen molar-refractivity contribution in [1.29, 1.82) is 0 Å². The Kier molecular flexibility index (Phi) is 3.92. The molecule has 2 aromatic rings. The minimum atomic E-state index is -5.35. The molecule has 148 valence electrons. The van der Waals surface area contributed by atoms with Crippen LogP contribution in [0.3, 0.4) is 0 Å². The van der Waals surface area contributed by atoms with Gasteiger partial charge in [0.15, 0.2) is 5.82 Å². The molecule has 0 bridgehead atoms. The molecule has 0 radical (unpaired) electrons. The number of alkyl halides is 6. The quantitative estimate of drug-likeness (QED) is 0.554. The number of nitrogens with zero attached hydrogens (tertiary/aromatic N) is 4. The van der Waals surface area contributed by atoms with Gasteiger partial charge in [-0.25, -0.2) is 4.98 Å². The molecule has 0 amide bonds. The minimum absolute atomic E-state index is 0.366. The fourth-order valence-electron chi connectivity index (χ4n) is 1.49. The number of nitrogens with one attached hydrogen (secondary N) is 2. The monoisotopic (exact) mass is 420 g/mol. The molecule has 0 aliphatic carbocycles. The average molecular weight is 421 g/mol. The first kappa shape index (κ1) is 13.7. The first-order valence-corrected chi connectivity index (χ1v) is 7.18. The Hall–Kier alpha value is -2.37. The number of anilines is 2. The molecule has 2 atom stereocenters. The molecule has 0 aliphatic heterocycles. The molecule has 0 saturated carbocycles. The summed E-state index contributed by atoms with van der Waals surface area (Å²) < 4.78 is 123. The van der Waals surface area contributed by atoms with Gasteiger partial charge in [0.25, 0.3) is 0 Å². The van der Waals surface area contributed by atoms with Gasteiger partial charge in [-0.1, -0.05) is 17.7 Å². The lowest BCUT2D eigenvalue weighted by molar-refractivity contribution is -0.139. The summed E-state index contributed by atoms with van der Waals surface area (Å²) in [6.07, 6.45) is -10.5.